The van der Waals surface area contributed by atoms with Crippen LogP contribution in [0.15, 0.2) is 0 Å². The molecule has 0 radical (unpaired) electrons. The molecule has 2 saturated heterocycles. The molecule has 0 aromatic rings. The monoisotopic (exact) mass is 250 g/mol. The molecule has 0 amide bonds. The Morgan fingerprint density at radius 2 is 2.19 bits per heavy atom. The molecule has 16 heavy (non-hydrogen) atoms. The minimum atomic E-state index is -1.82. The van der Waals surface area contributed by atoms with Crippen LogP contribution < -0.4 is 0 Å². The first kappa shape index (κ1) is 11.6. The number of fused-ring (bicyclic) bond motifs is 2. The Morgan fingerprint density at radius 1 is 1.56 bits per heavy atom. The number of rotatable bonds is 2. The molecule has 6 nitrogen and oxygen atoms in total. The van der Waals surface area contributed by atoms with Crippen LogP contribution in [-0.2, 0) is 19.1 Å². The number of halogens is 1. The molecule has 2 rings (SSSR count). The molecule has 90 valence electrons. The van der Waals surface area contributed by atoms with Gasteiger partial charge in [-0.15, -0.1) is 11.6 Å². The van der Waals surface area contributed by atoms with Gasteiger partial charge in [-0.25, -0.2) is 0 Å². The van der Waals surface area contributed by atoms with Gasteiger partial charge >= 0.3 is 11.9 Å². The number of aliphatic hydroxyl groups is 1. The molecular formula is C9H11ClO6. The third-order valence-corrected chi connectivity index (χ3v) is 3.48. The van der Waals surface area contributed by atoms with E-state index in [4.69, 9.17) is 26.2 Å². The number of carbonyl (C=O) groups is 2. The highest BCUT2D eigenvalue weighted by Gasteiger charge is 2.69. The fourth-order valence-electron chi connectivity index (χ4n) is 2.31. The van der Waals surface area contributed by atoms with Gasteiger partial charge in [0, 0.05) is 6.92 Å². The minimum Gasteiger partial charge on any atom is -0.481 e. The van der Waals surface area contributed by atoms with Gasteiger partial charge in [0.1, 0.15) is 12.0 Å². The third-order valence-electron chi connectivity index (χ3n) is 2.96. The van der Waals surface area contributed by atoms with Crippen LogP contribution in [0.4, 0.5) is 0 Å². The van der Waals surface area contributed by atoms with E-state index < -0.39 is 41.2 Å². The van der Waals surface area contributed by atoms with E-state index >= 15 is 0 Å². The van der Waals surface area contributed by atoms with E-state index in [1.54, 1.807) is 0 Å². The maximum Gasteiger partial charge on any atom is 0.313 e. The Labute approximate surface area is 96.1 Å². The molecule has 0 aromatic carbocycles. The van der Waals surface area contributed by atoms with Gasteiger partial charge in [-0.3, -0.25) is 9.59 Å². The zero-order chi connectivity index (χ0) is 12.1. The first-order valence-electron chi connectivity index (χ1n) is 4.81. The molecule has 2 aliphatic heterocycles. The van der Waals surface area contributed by atoms with Crippen molar-refractivity contribution in [1.82, 2.24) is 0 Å². The van der Waals surface area contributed by atoms with Crippen molar-refractivity contribution >= 4 is 23.5 Å². The molecule has 0 spiro atoms. The Balaban J connectivity index is 2.34. The summed E-state index contributed by atoms with van der Waals surface area (Å²) in [6.07, 6.45) is -1.79. The second-order valence-corrected chi connectivity index (χ2v) is 4.49. The van der Waals surface area contributed by atoms with Crippen LogP contribution in [0, 0.1) is 5.92 Å². The second kappa shape index (κ2) is 3.58. The number of aliphatic carboxylic acids is 1. The number of carbonyl (C=O) groups excluding carboxylic acids is 1. The number of ether oxygens (including phenoxy) is 2. The van der Waals surface area contributed by atoms with Crippen LogP contribution in [0.3, 0.4) is 0 Å². The maximum atomic E-state index is 11.0. The molecule has 0 saturated carbocycles. The van der Waals surface area contributed by atoms with Crippen molar-refractivity contribution in [2.24, 2.45) is 5.92 Å². The van der Waals surface area contributed by atoms with Gasteiger partial charge in [-0.2, -0.15) is 0 Å². The molecule has 2 bridgehead atoms. The molecular weight excluding hydrogens is 240 g/mol. The van der Waals surface area contributed by atoms with E-state index in [0.717, 1.165) is 6.92 Å². The first-order chi connectivity index (χ1) is 7.38. The molecule has 5 atom stereocenters. The van der Waals surface area contributed by atoms with Crippen LogP contribution in [0.1, 0.15) is 13.3 Å². The van der Waals surface area contributed by atoms with Crippen LogP contribution in [0.5, 0.6) is 0 Å². The van der Waals surface area contributed by atoms with Gasteiger partial charge in [0.2, 0.25) is 0 Å². The summed E-state index contributed by atoms with van der Waals surface area (Å²) in [7, 11) is 0. The summed E-state index contributed by atoms with van der Waals surface area (Å²) in [6.45, 7) is 1.12. The summed E-state index contributed by atoms with van der Waals surface area (Å²) in [5, 5.41) is 18.0. The molecule has 5 unspecified atom stereocenters. The summed E-state index contributed by atoms with van der Waals surface area (Å²) in [5.74, 6) is -4.79. The number of esters is 1. The average Bonchev–Trinajstić information content (AvgIpc) is 2.63. The lowest BCUT2D eigenvalue weighted by Crippen LogP contribution is -2.54. The van der Waals surface area contributed by atoms with E-state index in [-0.39, 0.29) is 6.42 Å². The third kappa shape index (κ3) is 1.41. The molecule has 2 heterocycles. The Kier molecular flexibility index (Phi) is 2.60. The minimum absolute atomic E-state index is 0.133. The highest BCUT2D eigenvalue weighted by molar-refractivity contribution is 6.21. The zero-order valence-electron chi connectivity index (χ0n) is 8.42. The van der Waals surface area contributed by atoms with Crippen molar-refractivity contribution in [2.45, 2.75) is 36.7 Å². The van der Waals surface area contributed by atoms with E-state index in [1.807, 2.05) is 0 Å². The molecule has 7 heteroatoms. The van der Waals surface area contributed by atoms with Crippen LogP contribution in [0.25, 0.3) is 0 Å². The summed E-state index contributed by atoms with van der Waals surface area (Å²) >= 11 is 5.84. The fourth-order valence-corrected chi connectivity index (χ4v) is 2.64. The van der Waals surface area contributed by atoms with Gasteiger partial charge < -0.3 is 19.7 Å². The van der Waals surface area contributed by atoms with Crippen molar-refractivity contribution in [3.63, 3.8) is 0 Å². The van der Waals surface area contributed by atoms with Crippen LogP contribution in [0.2, 0.25) is 0 Å². The predicted molar refractivity (Wildman–Crippen MR) is 50.8 cm³/mol. The molecule has 2 N–H and O–H groups in total. The maximum absolute atomic E-state index is 11.0. The topological polar surface area (TPSA) is 93.1 Å². The normalized spacial score (nSPS) is 45.7. The standard InChI is InChI=1S/C9H11ClO6/c1-3(11)15-9-4(8(13)14)2-5(16-9)6(10)7(9)12/h4-7,12H,2H2,1H3,(H,13,14). The van der Waals surface area contributed by atoms with Gasteiger partial charge in [-0.1, -0.05) is 0 Å². The second-order valence-electron chi connectivity index (χ2n) is 3.99. The Hall–Kier alpha value is -0.850. The quantitative estimate of drug-likeness (QED) is 0.517. The van der Waals surface area contributed by atoms with Gasteiger partial charge in [0.25, 0.3) is 5.79 Å². The lowest BCUT2D eigenvalue weighted by atomic mass is 9.84. The number of hydrogen-bond acceptors (Lipinski definition) is 5. The number of alkyl halides is 1. The van der Waals surface area contributed by atoms with Crippen molar-refractivity contribution in [2.75, 3.05) is 0 Å². The van der Waals surface area contributed by atoms with Gasteiger partial charge in [-0.05, 0) is 6.42 Å². The van der Waals surface area contributed by atoms with E-state index in [0.29, 0.717) is 0 Å². The van der Waals surface area contributed by atoms with Crippen molar-refractivity contribution in [3.05, 3.63) is 0 Å². The van der Waals surface area contributed by atoms with Crippen molar-refractivity contribution < 1.29 is 29.3 Å². The molecule has 2 aliphatic rings. The molecule has 0 aliphatic carbocycles. The number of carboxylic acid groups (broad SMARTS) is 1. The Bertz CT molecular complexity index is 345. The summed E-state index contributed by atoms with van der Waals surface area (Å²) < 4.78 is 10.1. The van der Waals surface area contributed by atoms with E-state index in [9.17, 15) is 14.7 Å². The highest BCUT2D eigenvalue weighted by Crippen LogP contribution is 2.50. The zero-order valence-corrected chi connectivity index (χ0v) is 9.18. The molecule has 2 fully saturated rings. The lowest BCUT2D eigenvalue weighted by Gasteiger charge is -2.33. The summed E-state index contributed by atoms with van der Waals surface area (Å²) in [5.41, 5.74) is 0. The summed E-state index contributed by atoms with van der Waals surface area (Å²) in [6, 6.07) is 0. The van der Waals surface area contributed by atoms with E-state index in [2.05, 4.69) is 0 Å². The smallest absolute Gasteiger partial charge is 0.313 e. The van der Waals surface area contributed by atoms with Crippen LogP contribution >= 0.6 is 11.6 Å². The largest absolute Gasteiger partial charge is 0.481 e. The van der Waals surface area contributed by atoms with E-state index in [1.165, 1.54) is 0 Å². The lowest BCUT2D eigenvalue weighted by molar-refractivity contribution is -0.246. The van der Waals surface area contributed by atoms with Gasteiger partial charge in [0.05, 0.1) is 11.5 Å². The van der Waals surface area contributed by atoms with Gasteiger partial charge in [0.15, 0.2) is 0 Å². The summed E-state index contributed by atoms with van der Waals surface area (Å²) in [4.78, 5) is 22.0. The highest BCUT2D eigenvalue weighted by atomic mass is 35.5. The van der Waals surface area contributed by atoms with Crippen molar-refractivity contribution in [1.29, 1.82) is 0 Å². The predicted octanol–water partition coefficient (Wildman–Crippen LogP) is -0.283. The number of carboxylic acids is 1. The van der Waals surface area contributed by atoms with Crippen LogP contribution in [-0.4, -0.2) is 45.5 Å². The average molecular weight is 251 g/mol. The number of hydrogen-bond donors (Lipinski definition) is 2. The molecule has 0 aromatic heterocycles. The number of aliphatic hydroxyl groups excluding tert-OH is 1. The SMILES string of the molecule is CC(=O)OC12OC(CC1C(=O)O)C(Cl)C2O. The fraction of sp³-hybridized carbons (Fsp3) is 0.778. The van der Waals surface area contributed by atoms with Crippen molar-refractivity contribution in [3.8, 4) is 0 Å². The Morgan fingerprint density at radius 3 is 2.62 bits per heavy atom. The first-order valence-corrected chi connectivity index (χ1v) is 5.24.